The average Bonchev–Trinajstić information content (AvgIpc) is 2.60. The third-order valence-corrected chi connectivity index (χ3v) is 5.12. The Morgan fingerprint density at radius 3 is 1.38 bits per heavy atom. The van der Waals surface area contributed by atoms with E-state index in [0.717, 1.165) is 20.9 Å². The van der Waals surface area contributed by atoms with Crippen LogP contribution in [0.3, 0.4) is 0 Å². The third-order valence-electron chi connectivity index (χ3n) is 5.12. The van der Waals surface area contributed by atoms with Gasteiger partial charge in [-0.1, -0.05) is 65.8 Å². The molecule has 5 heteroatoms. The lowest BCUT2D eigenvalue weighted by molar-refractivity contribution is -0.126. The number of barbiturate groups is 1. The second kappa shape index (κ2) is 7.14. The highest BCUT2D eigenvalue weighted by molar-refractivity contribution is 6.35. The molecule has 0 N–H and O–H groups in total. The van der Waals surface area contributed by atoms with Crippen LogP contribution in [0.2, 0.25) is 0 Å². The highest BCUT2D eigenvalue weighted by atomic mass is 16.2. The van der Waals surface area contributed by atoms with E-state index in [2.05, 4.69) is 41.5 Å². The van der Waals surface area contributed by atoms with Gasteiger partial charge in [0.05, 0.1) is 11.4 Å². The number of rotatable bonds is 2. The normalized spacial score (nSPS) is 15.9. The van der Waals surface area contributed by atoms with Crippen LogP contribution in [0.25, 0.3) is 0 Å². The molecule has 0 bridgehead atoms. The standard InChI is InChI=1S/C24H28N2O3/c1-23(2,3)16-9-7-11-18(13-16)25-20(27)15-21(28)26(22(25)29)19-12-8-10-17(14-19)24(4,5)6/h7-14H,15H2,1-6H3. The van der Waals surface area contributed by atoms with Crippen molar-refractivity contribution in [2.24, 2.45) is 0 Å². The van der Waals surface area contributed by atoms with Crippen LogP contribution in [-0.4, -0.2) is 17.8 Å². The van der Waals surface area contributed by atoms with E-state index in [4.69, 9.17) is 0 Å². The molecule has 2 aromatic rings. The molecule has 152 valence electrons. The van der Waals surface area contributed by atoms with Crippen molar-refractivity contribution in [3.63, 3.8) is 0 Å². The van der Waals surface area contributed by atoms with Gasteiger partial charge in [0.15, 0.2) is 0 Å². The molecule has 3 rings (SSSR count). The molecule has 5 nitrogen and oxygen atoms in total. The van der Waals surface area contributed by atoms with Crippen molar-refractivity contribution in [2.45, 2.75) is 58.8 Å². The number of anilines is 2. The van der Waals surface area contributed by atoms with Crippen LogP contribution in [0.15, 0.2) is 48.5 Å². The van der Waals surface area contributed by atoms with Crippen molar-refractivity contribution in [1.82, 2.24) is 0 Å². The number of amides is 4. The third kappa shape index (κ3) is 4.09. The molecule has 0 aliphatic carbocycles. The first kappa shape index (κ1) is 20.8. The molecular formula is C24H28N2O3. The zero-order valence-corrected chi connectivity index (χ0v) is 17.9. The first-order valence-electron chi connectivity index (χ1n) is 9.80. The number of carbonyl (C=O) groups excluding carboxylic acids is 3. The molecule has 1 fully saturated rings. The van der Waals surface area contributed by atoms with E-state index in [-0.39, 0.29) is 17.3 Å². The zero-order chi connectivity index (χ0) is 21.6. The molecule has 0 saturated carbocycles. The van der Waals surface area contributed by atoms with Crippen LogP contribution >= 0.6 is 0 Å². The molecule has 0 aromatic heterocycles. The van der Waals surface area contributed by atoms with Crippen LogP contribution in [0.4, 0.5) is 16.2 Å². The molecule has 0 unspecified atom stereocenters. The first-order chi connectivity index (χ1) is 13.4. The number of benzene rings is 2. The Hall–Kier alpha value is -2.95. The van der Waals surface area contributed by atoms with Gasteiger partial charge in [-0.15, -0.1) is 0 Å². The molecule has 0 atom stereocenters. The van der Waals surface area contributed by atoms with Crippen LogP contribution in [-0.2, 0) is 20.4 Å². The molecule has 1 heterocycles. The predicted octanol–water partition coefficient (Wildman–Crippen LogP) is 5.17. The second-order valence-corrected chi connectivity index (χ2v) is 9.52. The fraction of sp³-hybridized carbons (Fsp3) is 0.375. The summed E-state index contributed by atoms with van der Waals surface area (Å²) in [6, 6.07) is 14.1. The number of nitrogens with zero attached hydrogens (tertiary/aromatic N) is 2. The summed E-state index contributed by atoms with van der Waals surface area (Å²) in [6.45, 7) is 12.4. The quantitative estimate of drug-likeness (QED) is 0.663. The number of urea groups is 1. The number of carbonyl (C=O) groups is 3. The highest BCUT2D eigenvalue weighted by Crippen LogP contribution is 2.32. The summed E-state index contributed by atoms with van der Waals surface area (Å²) in [5.41, 5.74) is 2.72. The lowest BCUT2D eigenvalue weighted by Gasteiger charge is -2.34. The molecule has 2 aromatic carbocycles. The van der Waals surface area contributed by atoms with E-state index in [1.54, 1.807) is 12.1 Å². The maximum Gasteiger partial charge on any atom is 0.342 e. The van der Waals surface area contributed by atoms with Gasteiger partial charge in [0, 0.05) is 0 Å². The van der Waals surface area contributed by atoms with Gasteiger partial charge in [-0.2, -0.15) is 0 Å². The van der Waals surface area contributed by atoms with E-state index >= 15 is 0 Å². The van der Waals surface area contributed by atoms with Crippen molar-refractivity contribution >= 4 is 29.2 Å². The Morgan fingerprint density at radius 2 is 1.03 bits per heavy atom. The second-order valence-electron chi connectivity index (χ2n) is 9.52. The van der Waals surface area contributed by atoms with Crippen LogP contribution in [0, 0.1) is 0 Å². The van der Waals surface area contributed by atoms with Gasteiger partial charge in [-0.05, 0) is 46.2 Å². The molecule has 0 radical (unpaired) electrons. The van der Waals surface area contributed by atoms with E-state index in [1.807, 2.05) is 36.4 Å². The maximum atomic E-state index is 13.3. The van der Waals surface area contributed by atoms with Gasteiger partial charge in [-0.25, -0.2) is 14.6 Å². The zero-order valence-electron chi connectivity index (χ0n) is 17.9. The number of imide groups is 2. The summed E-state index contributed by atoms with van der Waals surface area (Å²) in [4.78, 5) is 40.8. The van der Waals surface area contributed by atoms with Crippen molar-refractivity contribution in [2.75, 3.05) is 9.80 Å². The highest BCUT2D eigenvalue weighted by Gasteiger charge is 2.40. The number of hydrogen-bond acceptors (Lipinski definition) is 3. The van der Waals surface area contributed by atoms with Crippen molar-refractivity contribution in [3.8, 4) is 0 Å². The van der Waals surface area contributed by atoms with E-state index in [1.165, 1.54) is 0 Å². The predicted molar refractivity (Wildman–Crippen MR) is 115 cm³/mol. The van der Waals surface area contributed by atoms with E-state index in [0.29, 0.717) is 11.4 Å². The van der Waals surface area contributed by atoms with Crippen molar-refractivity contribution in [1.29, 1.82) is 0 Å². The lowest BCUT2D eigenvalue weighted by Crippen LogP contribution is -2.55. The smallest absolute Gasteiger partial charge is 0.273 e. The van der Waals surface area contributed by atoms with Gasteiger partial charge in [0.1, 0.15) is 6.42 Å². The van der Waals surface area contributed by atoms with E-state index in [9.17, 15) is 14.4 Å². The molecule has 0 spiro atoms. The van der Waals surface area contributed by atoms with Crippen molar-refractivity contribution in [3.05, 3.63) is 59.7 Å². The monoisotopic (exact) mass is 392 g/mol. The number of hydrogen-bond donors (Lipinski definition) is 0. The lowest BCUT2D eigenvalue weighted by atomic mass is 9.86. The Balaban J connectivity index is 2.04. The molecule has 1 aliphatic rings. The summed E-state index contributed by atoms with van der Waals surface area (Å²) >= 11 is 0. The van der Waals surface area contributed by atoms with Gasteiger partial charge in [0.2, 0.25) is 11.8 Å². The SMILES string of the molecule is CC(C)(C)c1cccc(N2C(=O)CC(=O)N(c3cccc(C(C)(C)C)c3)C2=O)c1. The topological polar surface area (TPSA) is 57.7 Å². The van der Waals surface area contributed by atoms with Crippen LogP contribution in [0.1, 0.15) is 59.1 Å². The summed E-state index contributed by atoms with van der Waals surface area (Å²) in [6.07, 6.45) is -0.342. The molecule has 1 saturated heterocycles. The Morgan fingerprint density at radius 1 is 0.655 bits per heavy atom. The Labute approximate surface area is 172 Å². The Bertz CT molecular complexity index is 903. The fourth-order valence-electron chi connectivity index (χ4n) is 3.33. The minimum absolute atomic E-state index is 0.131. The molecule has 29 heavy (non-hydrogen) atoms. The first-order valence-corrected chi connectivity index (χ1v) is 9.80. The molecule has 1 aliphatic heterocycles. The maximum absolute atomic E-state index is 13.3. The fourth-order valence-corrected chi connectivity index (χ4v) is 3.33. The summed E-state index contributed by atoms with van der Waals surface area (Å²) in [5.74, 6) is -1.01. The van der Waals surface area contributed by atoms with Gasteiger partial charge in [-0.3, -0.25) is 9.59 Å². The summed E-state index contributed by atoms with van der Waals surface area (Å²) in [5, 5.41) is 0. The van der Waals surface area contributed by atoms with Gasteiger partial charge in [0.25, 0.3) is 0 Å². The average molecular weight is 392 g/mol. The van der Waals surface area contributed by atoms with Crippen molar-refractivity contribution < 1.29 is 14.4 Å². The Kier molecular flexibility index (Phi) is 5.11. The molecular weight excluding hydrogens is 364 g/mol. The van der Waals surface area contributed by atoms with Crippen LogP contribution in [0.5, 0.6) is 0 Å². The minimum atomic E-state index is -0.636. The van der Waals surface area contributed by atoms with E-state index < -0.39 is 17.8 Å². The van der Waals surface area contributed by atoms with Gasteiger partial charge < -0.3 is 0 Å². The summed E-state index contributed by atoms with van der Waals surface area (Å²) < 4.78 is 0. The van der Waals surface area contributed by atoms with Crippen LogP contribution < -0.4 is 9.80 Å². The largest absolute Gasteiger partial charge is 0.342 e. The summed E-state index contributed by atoms with van der Waals surface area (Å²) in [7, 11) is 0. The van der Waals surface area contributed by atoms with Gasteiger partial charge >= 0.3 is 6.03 Å². The minimum Gasteiger partial charge on any atom is -0.273 e. The molecule has 4 amide bonds.